The third kappa shape index (κ3) is 3.43. The number of likely N-dealkylation sites (N-methyl/N-ethyl adjacent to an activating group) is 1. The zero-order valence-corrected chi connectivity index (χ0v) is 17.7. The number of anilines is 1. The second-order valence-electron chi connectivity index (χ2n) is 8.51. The molecule has 3 aliphatic rings. The summed E-state index contributed by atoms with van der Waals surface area (Å²) in [7, 11) is 1.66. The maximum atomic E-state index is 15.1. The summed E-state index contributed by atoms with van der Waals surface area (Å²) in [5, 5.41) is 9.71. The van der Waals surface area contributed by atoms with Crippen molar-refractivity contribution in [1.29, 1.82) is 0 Å². The number of aliphatic hydroxyl groups excluding tert-OH is 1. The molecule has 0 spiro atoms. The zero-order chi connectivity index (χ0) is 21.7. The molecule has 0 bridgehead atoms. The number of carbonyl (C=O) groups excluding carboxylic acids is 1. The van der Waals surface area contributed by atoms with E-state index in [2.05, 4.69) is 0 Å². The number of carbonyl (C=O) groups is 1. The van der Waals surface area contributed by atoms with Crippen LogP contribution in [-0.4, -0.2) is 59.9 Å². The molecule has 4 heterocycles. The van der Waals surface area contributed by atoms with E-state index in [1.54, 1.807) is 13.1 Å². The van der Waals surface area contributed by atoms with E-state index < -0.39 is 18.3 Å². The lowest BCUT2D eigenvalue weighted by atomic mass is 10.0. The first-order valence-electron chi connectivity index (χ1n) is 10.6. The number of aryl methyl sites for hydroxylation is 1. The molecule has 164 valence electrons. The van der Waals surface area contributed by atoms with Gasteiger partial charge in [-0.3, -0.25) is 4.79 Å². The molecule has 2 aromatic rings. The molecule has 8 heteroatoms. The number of halogens is 1. The number of fused-ring (bicyclic) bond motifs is 2. The van der Waals surface area contributed by atoms with Crippen molar-refractivity contribution < 1.29 is 23.8 Å². The van der Waals surface area contributed by atoms with Crippen LogP contribution in [0.2, 0.25) is 0 Å². The van der Waals surface area contributed by atoms with E-state index in [1.807, 2.05) is 30.0 Å². The minimum atomic E-state index is -1.18. The van der Waals surface area contributed by atoms with Crippen LogP contribution < -0.4 is 9.64 Å². The van der Waals surface area contributed by atoms with Gasteiger partial charge in [0.25, 0.3) is 5.91 Å². The van der Waals surface area contributed by atoms with Crippen molar-refractivity contribution in [2.75, 3.05) is 31.6 Å². The topological polar surface area (TPSA) is 75.1 Å². The number of aromatic nitrogens is 1. The van der Waals surface area contributed by atoms with Crippen molar-refractivity contribution in [3.05, 3.63) is 52.2 Å². The standard InChI is InChI=1S/C23H26FN3O4/c1-13-7-17-21(19(10-28)26(2)23(17)29)25-22(13)27-6-5-20(18(24)9-27)31-16-4-3-14-11-30-12-15(14)8-16/h3-4,7-8,18-20,28H,5-6,9-12H2,1-2H3/t18-,19?,20+/m0/s1. The van der Waals surface area contributed by atoms with Gasteiger partial charge in [-0.2, -0.15) is 0 Å². The van der Waals surface area contributed by atoms with Crippen LogP contribution in [0.25, 0.3) is 0 Å². The fraction of sp³-hybridized carbons (Fsp3) is 0.478. The van der Waals surface area contributed by atoms with Crippen molar-refractivity contribution in [1.82, 2.24) is 9.88 Å². The Morgan fingerprint density at radius 3 is 2.87 bits per heavy atom. The lowest BCUT2D eigenvalue weighted by molar-refractivity contribution is 0.0714. The molecule has 1 N–H and O–H groups in total. The number of benzene rings is 1. The van der Waals surface area contributed by atoms with Crippen LogP contribution in [0.1, 0.15) is 45.2 Å². The largest absolute Gasteiger partial charge is 0.487 e. The molecule has 7 nitrogen and oxygen atoms in total. The maximum Gasteiger partial charge on any atom is 0.256 e. The van der Waals surface area contributed by atoms with E-state index in [0.717, 1.165) is 16.7 Å². The number of aliphatic hydroxyl groups is 1. The maximum absolute atomic E-state index is 15.1. The molecule has 0 saturated carbocycles. The highest BCUT2D eigenvalue weighted by atomic mass is 19.1. The molecule has 3 aliphatic heterocycles. The molecule has 1 amide bonds. The van der Waals surface area contributed by atoms with Gasteiger partial charge in [-0.25, -0.2) is 9.37 Å². The molecule has 0 radical (unpaired) electrons. The average molecular weight is 427 g/mol. The van der Waals surface area contributed by atoms with Gasteiger partial charge in [-0.15, -0.1) is 0 Å². The van der Waals surface area contributed by atoms with Crippen LogP contribution in [0.4, 0.5) is 10.2 Å². The molecule has 5 rings (SSSR count). The van der Waals surface area contributed by atoms with Crippen LogP contribution in [0, 0.1) is 6.92 Å². The van der Waals surface area contributed by atoms with Crippen molar-refractivity contribution >= 4 is 11.7 Å². The summed E-state index contributed by atoms with van der Waals surface area (Å²) < 4.78 is 26.5. The Kier molecular flexibility index (Phi) is 5.06. The molecule has 1 unspecified atom stereocenters. The van der Waals surface area contributed by atoms with E-state index in [4.69, 9.17) is 14.5 Å². The second-order valence-corrected chi connectivity index (χ2v) is 8.51. The SMILES string of the molecule is Cc1cc2c(nc1N1CC[C@@H](Oc3ccc4c(c3)COC4)[C@@H](F)C1)C(CO)N(C)C2=O. The van der Waals surface area contributed by atoms with Gasteiger partial charge in [0.1, 0.15) is 17.7 Å². The van der Waals surface area contributed by atoms with E-state index >= 15 is 4.39 Å². The van der Waals surface area contributed by atoms with Gasteiger partial charge < -0.3 is 24.4 Å². The van der Waals surface area contributed by atoms with Crippen LogP contribution in [0.15, 0.2) is 24.3 Å². The van der Waals surface area contributed by atoms with Crippen LogP contribution in [0.5, 0.6) is 5.75 Å². The van der Waals surface area contributed by atoms with E-state index in [-0.39, 0.29) is 19.1 Å². The third-order valence-electron chi connectivity index (χ3n) is 6.48. The first kappa shape index (κ1) is 20.2. The monoisotopic (exact) mass is 427 g/mol. The molecule has 1 aromatic carbocycles. The molecule has 1 saturated heterocycles. The van der Waals surface area contributed by atoms with Gasteiger partial charge >= 0.3 is 0 Å². The lowest BCUT2D eigenvalue weighted by Gasteiger charge is -2.36. The van der Waals surface area contributed by atoms with Crippen molar-refractivity contribution in [3.63, 3.8) is 0 Å². The van der Waals surface area contributed by atoms with Gasteiger partial charge in [0.2, 0.25) is 0 Å². The lowest BCUT2D eigenvalue weighted by Crippen LogP contribution is -2.47. The quantitative estimate of drug-likeness (QED) is 0.808. The predicted octanol–water partition coefficient (Wildman–Crippen LogP) is 2.54. The first-order valence-corrected chi connectivity index (χ1v) is 10.6. The predicted molar refractivity (Wildman–Crippen MR) is 112 cm³/mol. The second kappa shape index (κ2) is 7.76. The summed E-state index contributed by atoms with van der Waals surface area (Å²) in [6.07, 6.45) is -1.18. The van der Waals surface area contributed by atoms with Crippen LogP contribution >= 0.6 is 0 Å². The summed E-state index contributed by atoms with van der Waals surface area (Å²) in [4.78, 5) is 20.5. The Bertz CT molecular complexity index is 1030. The Morgan fingerprint density at radius 1 is 1.29 bits per heavy atom. The summed E-state index contributed by atoms with van der Waals surface area (Å²) in [5.74, 6) is 1.19. The number of hydrogen-bond acceptors (Lipinski definition) is 6. The highest BCUT2D eigenvalue weighted by molar-refractivity contribution is 5.99. The molecule has 1 aromatic heterocycles. The number of piperidine rings is 1. The highest BCUT2D eigenvalue weighted by Crippen LogP contribution is 2.35. The number of pyridine rings is 1. The minimum absolute atomic E-state index is 0.147. The normalized spacial score (nSPS) is 25.0. The van der Waals surface area contributed by atoms with Crippen LogP contribution in [0.3, 0.4) is 0 Å². The van der Waals surface area contributed by atoms with E-state index in [9.17, 15) is 9.90 Å². The van der Waals surface area contributed by atoms with Crippen molar-refractivity contribution in [2.24, 2.45) is 0 Å². The summed E-state index contributed by atoms with van der Waals surface area (Å²) in [5.41, 5.74) is 4.15. The number of ether oxygens (including phenoxy) is 2. The smallest absolute Gasteiger partial charge is 0.256 e. The molecular formula is C23H26FN3O4. The van der Waals surface area contributed by atoms with Crippen molar-refractivity contribution in [3.8, 4) is 5.75 Å². The van der Waals surface area contributed by atoms with Gasteiger partial charge in [0.05, 0.1) is 43.7 Å². The molecular weight excluding hydrogens is 401 g/mol. The van der Waals surface area contributed by atoms with Crippen LogP contribution in [-0.2, 0) is 18.0 Å². The Morgan fingerprint density at radius 2 is 2.10 bits per heavy atom. The number of hydrogen-bond donors (Lipinski definition) is 1. The molecule has 0 aliphatic carbocycles. The van der Waals surface area contributed by atoms with E-state index in [0.29, 0.717) is 49.0 Å². The molecule has 31 heavy (non-hydrogen) atoms. The Balaban J connectivity index is 1.32. The minimum Gasteiger partial charge on any atom is -0.487 e. The number of alkyl halides is 1. The fourth-order valence-electron chi connectivity index (χ4n) is 4.69. The summed E-state index contributed by atoms with van der Waals surface area (Å²) >= 11 is 0. The fourth-order valence-corrected chi connectivity index (χ4v) is 4.69. The molecule has 1 fully saturated rings. The van der Waals surface area contributed by atoms with Gasteiger partial charge in [-0.05, 0) is 41.8 Å². The van der Waals surface area contributed by atoms with Gasteiger partial charge in [0, 0.05) is 20.0 Å². The third-order valence-corrected chi connectivity index (χ3v) is 6.48. The highest BCUT2D eigenvalue weighted by Gasteiger charge is 2.38. The summed E-state index contributed by atoms with van der Waals surface area (Å²) in [6, 6.07) is 7.13. The number of rotatable bonds is 4. The average Bonchev–Trinajstić information content (AvgIpc) is 3.31. The van der Waals surface area contributed by atoms with Gasteiger partial charge in [-0.1, -0.05) is 6.07 Å². The zero-order valence-electron chi connectivity index (χ0n) is 17.7. The number of nitrogens with zero attached hydrogens (tertiary/aromatic N) is 3. The first-order chi connectivity index (χ1) is 15.0. The van der Waals surface area contributed by atoms with Crippen molar-refractivity contribution in [2.45, 2.75) is 44.9 Å². The Labute approximate surface area is 180 Å². The van der Waals surface area contributed by atoms with E-state index in [1.165, 1.54) is 4.90 Å². The Hall–Kier alpha value is -2.71. The van der Waals surface area contributed by atoms with Gasteiger partial charge in [0.15, 0.2) is 6.17 Å². The molecule has 3 atom stereocenters. The number of amides is 1. The summed E-state index contributed by atoms with van der Waals surface area (Å²) in [6.45, 7) is 3.63.